The molecule has 2 aromatic rings. The van der Waals surface area contributed by atoms with Gasteiger partial charge in [0.25, 0.3) is 0 Å². The van der Waals surface area contributed by atoms with Crippen LogP contribution >= 0.6 is 23.1 Å². The second-order valence-electron chi connectivity index (χ2n) is 6.64. The Kier molecular flexibility index (Phi) is 5.83. The summed E-state index contributed by atoms with van der Waals surface area (Å²) < 4.78 is 14.0. The number of hydrogen-bond acceptors (Lipinski definition) is 4. The molecule has 0 saturated heterocycles. The van der Waals surface area contributed by atoms with Gasteiger partial charge in [0.2, 0.25) is 0 Å². The number of rotatable bonds is 7. The summed E-state index contributed by atoms with van der Waals surface area (Å²) in [6, 6.07) is 5.87. The Morgan fingerprint density at radius 2 is 2.13 bits per heavy atom. The normalized spacial score (nSPS) is 14.5. The molecular weight excluding hydrogens is 345 g/mol. The van der Waals surface area contributed by atoms with E-state index in [1.165, 1.54) is 35.6 Å². The molecule has 1 aromatic carbocycles. The molecule has 23 heavy (non-hydrogen) atoms. The van der Waals surface area contributed by atoms with Crippen molar-refractivity contribution in [2.45, 2.75) is 36.2 Å². The van der Waals surface area contributed by atoms with Gasteiger partial charge in [-0.15, -0.1) is 23.1 Å². The molecular formula is C17H22FNOS2Si. The number of benzene rings is 1. The molecule has 0 aliphatic rings. The molecule has 0 aliphatic heterocycles. The Bertz CT molecular complexity index is 670. The minimum absolute atomic E-state index is 0.352. The maximum Gasteiger partial charge on any atom is 0.159 e. The van der Waals surface area contributed by atoms with E-state index < -0.39 is 13.7 Å². The van der Waals surface area contributed by atoms with E-state index in [-0.39, 0.29) is 5.82 Å². The fraction of sp³-hybridized carbons (Fsp3) is 0.353. The molecule has 1 heterocycles. The van der Waals surface area contributed by atoms with E-state index in [1.54, 1.807) is 23.3 Å². The number of thiazole rings is 1. The average Bonchev–Trinajstić information content (AvgIpc) is 2.99. The molecule has 1 atom stereocenters. The van der Waals surface area contributed by atoms with Crippen LogP contribution < -0.4 is 0 Å². The van der Waals surface area contributed by atoms with E-state index in [2.05, 4.69) is 31.2 Å². The van der Waals surface area contributed by atoms with Crippen LogP contribution in [0.3, 0.4) is 0 Å². The molecule has 0 amide bonds. The van der Waals surface area contributed by atoms with Crippen LogP contribution in [-0.4, -0.2) is 23.9 Å². The third kappa shape index (κ3) is 4.76. The second-order valence-corrected chi connectivity index (χ2v) is 14.3. The van der Waals surface area contributed by atoms with Gasteiger partial charge in [-0.2, -0.15) is 0 Å². The Morgan fingerprint density at radius 3 is 2.70 bits per heavy atom. The van der Waals surface area contributed by atoms with Gasteiger partial charge in [-0.05, 0) is 41.6 Å². The molecule has 2 nitrogen and oxygen atoms in total. The monoisotopic (exact) mass is 367 g/mol. The maximum absolute atomic E-state index is 14.0. The lowest BCUT2D eigenvalue weighted by Gasteiger charge is -2.23. The number of aromatic nitrogens is 1. The third-order valence-corrected chi connectivity index (χ3v) is 7.47. The van der Waals surface area contributed by atoms with Crippen LogP contribution in [0.2, 0.25) is 25.7 Å². The summed E-state index contributed by atoms with van der Waals surface area (Å²) in [7, 11) is -1.11. The van der Waals surface area contributed by atoms with Gasteiger partial charge in [-0.1, -0.05) is 26.2 Å². The Labute approximate surface area is 146 Å². The highest BCUT2D eigenvalue weighted by atomic mass is 32.2. The fourth-order valence-electron chi connectivity index (χ4n) is 2.08. The molecule has 1 N–H and O–H groups in total. The number of aliphatic hydroxyl groups is 1. The minimum Gasteiger partial charge on any atom is -0.374 e. The van der Waals surface area contributed by atoms with Crippen molar-refractivity contribution >= 4 is 31.2 Å². The highest BCUT2D eigenvalue weighted by Gasteiger charge is 2.31. The number of hydrogen-bond donors (Lipinski definition) is 1. The van der Waals surface area contributed by atoms with Crippen LogP contribution in [0.15, 0.2) is 47.3 Å². The molecule has 0 bridgehead atoms. The molecule has 2 rings (SSSR count). The van der Waals surface area contributed by atoms with E-state index in [1.807, 2.05) is 6.07 Å². The van der Waals surface area contributed by atoms with E-state index in [0.29, 0.717) is 10.6 Å². The molecule has 0 spiro atoms. The van der Waals surface area contributed by atoms with Crippen molar-refractivity contribution in [3.8, 4) is 0 Å². The summed E-state index contributed by atoms with van der Waals surface area (Å²) in [6.07, 6.45) is 3.04. The number of halogens is 1. The van der Waals surface area contributed by atoms with Crippen molar-refractivity contribution in [2.75, 3.05) is 5.75 Å². The van der Waals surface area contributed by atoms with Crippen LogP contribution in [-0.2, 0) is 5.60 Å². The average molecular weight is 368 g/mol. The minimum atomic E-state index is -1.45. The molecule has 0 radical (unpaired) electrons. The Hall–Kier alpha value is -0.953. The van der Waals surface area contributed by atoms with Crippen molar-refractivity contribution in [2.24, 2.45) is 0 Å². The van der Waals surface area contributed by atoms with Crippen molar-refractivity contribution in [3.63, 3.8) is 0 Å². The highest BCUT2D eigenvalue weighted by Crippen LogP contribution is 2.35. The summed E-state index contributed by atoms with van der Waals surface area (Å²) in [5, 5.41) is 13.2. The van der Waals surface area contributed by atoms with Gasteiger partial charge in [0.15, 0.2) is 5.60 Å². The predicted molar refractivity (Wildman–Crippen MR) is 101 cm³/mol. The van der Waals surface area contributed by atoms with Crippen LogP contribution in [0, 0.1) is 5.82 Å². The lowest BCUT2D eigenvalue weighted by atomic mass is 9.94. The Balaban J connectivity index is 2.27. The van der Waals surface area contributed by atoms with Crippen molar-refractivity contribution in [3.05, 3.63) is 58.8 Å². The molecule has 1 unspecified atom stereocenters. The summed E-state index contributed by atoms with van der Waals surface area (Å²) >= 11 is 2.96. The number of thioether (sulfide) groups is 1. The van der Waals surface area contributed by atoms with Gasteiger partial charge in [0.1, 0.15) is 10.8 Å². The quantitative estimate of drug-likeness (QED) is 0.418. The summed E-state index contributed by atoms with van der Waals surface area (Å²) in [5.41, 5.74) is -0.984. The van der Waals surface area contributed by atoms with E-state index >= 15 is 0 Å². The summed E-state index contributed by atoms with van der Waals surface area (Å²) in [5.74, 6) is 0.609. The van der Waals surface area contributed by atoms with Crippen molar-refractivity contribution in [1.29, 1.82) is 0 Å². The molecule has 6 heteroatoms. The molecule has 0 saturated carbocycles. The van der Waals surface area contributed by atoms with Crippen LogP contribution in [0.4, 0.5) is 4.39 Å². The van der Waals surface area contributed by atoms with Gasteiger partial charge in [0, 0.05) is 24.5 Å². The van der Waals surface area contributed by atoms with Crippen LogP contribution in [0.1, 0.15) is 10.6 Å². The van der Waals surface area contributed by atoms with Gasteiger partial charge < -0.3 is 5.11 Å². The lowest BCUT2D eigenvalue weighted by molar-refractivity contribution is 0.134. The standard InChI is InChI=1S/C17H22FNOS2Si/c1-5-17(20,16-19-6-7-22-16)13-10-14(18)12-15(11-13)21-8-9-23(2,3)4/h5-7,10-12,20H,1,8-9H2,2-4H3. The molecule has 1 aromatic heterocycles. The topological polar surface area (TPSA) is 33.1 Å². The summed E-state index contributed by atoms with van der Waals surface area (Å²) in [4.78, 5) is 4.99. The number of nitrogens with zero attached hydrogens (tertiary/aromatic N) is 1. The maximum atomic E-state index is 14.0. The fourth-order valence-corrected chi connectivity index (χ4v) is 6.33. The molecule has 124 valence electrons. The predicted octanol–water partition coefficient (Wildman–Crippen LogP) is 5.13. The van der Waals surface area contributed by atoms with Crippen LogP contribution in [0.5, 0.6) is 0 Å². The first kappa shape index (κ1) is 18.4. The van der Waals surface area contributed by atoms with E-state index in [9.17, 15) is 9.50 Å². The van der Waals surface area contributed by atoms with Gasteiger partial charge in [-0.25, -0.2) is 9.37 Å². The lowest BCUT2D eigenvalue weighted by Crippen LogP contribution is -2.24. The van der Waals surface area contributed by atoms with Gasteiger partial charge in [-0.3, -0.25) is 0 Å². The first-order valence-corrected chi connectivity index (χ1v) is 13.0. The first-order valence-electron chi connectivity index (χ1n) is 7.44. The largest absolute Gasteiger partial charge is 0.374 e. The molecule has 0 aliphatic carbocycles. The zero-order valence-corrected chi connectivity index (χ0v) is 16.3. The third-order valence-electron chi connectivity index (χ3n) is 3.49. The first-order chi connectivity index (χ1) is 10.7. The van der Waals surface area contributed by atoms with E-state index in [0.717, 1.165) is 10.6 Å². The van der Waals surface area contributed by atoms with Crippen molar-refractivity contribution in [1.82, 2.24) is 4.98 Å². The highest BCUT2D eigenvalue weighted by molar-refractivity contribution is 7.99. The van der Waals surface area contributed by atoms with E-state index in [4.69, 9.17) is 0 Å². The van der Waals surface area contributed by atoms with Gasteiger partial charge >= 0.3 is 0 Å². The SMILES string of the molecule is C=CC(O)(c1cc(F)cc(SCC[Si](C)(C)C)c1)c1nccs1. The molecule has 0 fully saturated rings. The van der Waals surface area contributed by atoms with Crippen LogP contribution in [0.25, 0.3) is 0 Å². The van der Waals surface area contributed by atoms with Gasteiger partial charge in [0.05, 0.1) is 0 Å². The zero-order valence-electron chi connectivity index (χ0n) is 13.7. The Morgan fingerprint density at radius 1 is 1.39 bits per heavy atom. The second kappa shape index (κ2) is 7.30. The zero-order chi connectivity index (χ0) is 17.1. The van der Waals surface area contributed by atoms with Crippen molar-refractivity contribution < 1.29 is 9.50 Å². The smallest absolute Gasteiger partial charge is 0.159 e. The summed E-state index contributed by atoms with van der Waals surface area (Å²) in [6.45, 7) is 10.7.